The van der Waals surface area contributed by atoms with Crippen LogP contribution in [0.1, 0.15) is 23.2 Å². The first-order valence-electron chi connectivity index (χ1n) is 7.74. The summed E-state index contributed by atoms with van der Waals surface area (Å²) < 4.78 is 5.14. The van der Waals surface area contributed by atoms with E-state index in [0.29, 0.717) is 11.4 Å². The standard InChI is InChI=1S/C17H20N4O2/c1-23-17-14(5-4-10-19-17)16(22)20-13-7-11-21(12-8-13)15-6-2-3-9-18-15/h2-6,9-10,13H,7-8,11-12H2,1H3,(H,20,22). The van der Waals surface area contributed by atoms with Crippen molar-refractivity contribution in [1.82, 2.24) is 15.3 Å². The number of piperidine rings is 1. The molecule has 0 saturated carbocycles. The van der Waals surface area contributed by atoms with E-state index in [-0.39, 0.29) is 11.9 Å². The molecular formula is C17H20N4O2. The van der Waals surface area contributed by atoms with Gasteiger partial charge in [-0.1, -0.05) is 6.07 Å². The maximum absolute atomic E-state index is 12.4. The summed E-state index contributed by atoms with van der Waals surface area (Å²) in [6, 6.07) is 9.54. The second-order valence-corrected chi connectivity index (χ2v) is 5.48. The molecule has 0 aromatic carbocycles. The van der Waals surface area contributed by atoms with Crippen LogP contribution >= 0.6 is 0 Å². The lowest BCUT2D eigenvalue weighted by atomic mass is 10.0. The number of ether oxygens (including phenoxy) is 1. The molecule has 1 aliphatic heterocycles. The van der Waals surface area contributed by atoms with Gasteiger partial charge < -0.3 is 15.0 Å². The van der Waals surface area contributed by atoms with Gasteiger partial charge in [0.25, 0.3) is 5.91 Å². The zero-order chi connectivity index (χ0) is 16.1. The number of pyridine rings is 2. The van der Waals surface area contributed by atoms with Gasteiger partial charge in [0.1, 0.15) is 11.4 Å². The summed E-state index contributed by atoms with van der Waals surface area (Å²) in [6.45, 7) is 1.76. The maximum Gasteiger partial charge on any atom is 0.256 e. The zero-order valence-electron chi connectivity index (χ0n) is 13.1. The van der Waals surface area contributed by atoms with Crippen LogP contribution < -0.4 is 15.0 Å². The lowest BCUT2D eigenvalue weighted by Gasteiger charge is -2.33. The molecule has 1 saturated heterocycles. The molecule has 2 aromatic heterocycles. The molecule has 0 aliphatic carbocycles. The van der Waals surface area contributed by atoms with Crippen LogP contribution in [0, 0.1) is 0 Å². The Labute approximate surface area is 135 Å². The predicted molar refractivity (Wildman–Crippen MR) is 87.7 cm³/mol. The van der Waals surface area contributed by atoms with Crippen molar-refractivity contribution in [3.05, 3.63) is 48.3 Å². The Balaban J connectivity index is 1.57. The zero-order valence-corrected chi connectivity index (χ0v) is 13.1. The summed E-state index contributed by atoms with van der Waals surface area (Å²) in [6.07, 6.45) is 5.20. The normalized spacial score (nSPS) is 15.3. The van der Waals surface area contributed by atoms with Gasteiger partial charge in [-0.3, -0.25) is 4.79 Å². The summed E-state index contributed by atoms with van der Waals surface area (Å²) in [5.74, 6) is 1.22. The highest BCUT2D eigenvalue weighted by atomic mass is 16.5. The van der Waals surface area contributed by atoms with Gasteiger partial charge in [-0.2, -0.15) is 0 Å². The summed E-state index contributed by atoms with van der Waals surface area (Å²) in [4.78, 5) is 23.1. The fourth-order valence-electron chi connectivity index (χ4n) is 2.78. The molecule has 23 heavy (non-hydrogen) atoms. The number of nitrogens with one attached hydrogen (secondary N) is 1. The van der Waals surface area contributed by atoms with Gasteiger partial charge in [0.05, 0.1) is 7.11 Å². The van der Waals surface area contributed by atoms with E-state index in [0.717, 1.165) is 31.7 Å². The molecule has 1 aliphatic rings. The summed E-state index contributed by atoms with van der Waals surface area (Å²) in [7, 11) is 1.52. The lowest BCUT2D eigenvalue weighted by Crippen LogP contribution is -2.45. The van der Waals surface area contributed by atoms with Crippen molar-refractivity contribution in [2.24, 2.45) is 0 Å². The quantitative estimate of drug-likeness (QED) is 0.934. The van der Waals surface area contributed by atoms with Crippen molar-refractivity contribution in [1.29, 1.82) is 0 Å². The molecule has 0 unspecified atom stereocenters. The third-order valence-electron chi connectivity index (χ3n) is 4.01. The second-order valence-electron chi connectivity index (χ2n) is 5.48. The Morgan fingerprint density at radius 3 is 2.65 bits per heavy atom. The second kappa shape index (κ2) is 7.09. The SMILES string of the molecule is COc1ncccc1C(=O)NC1CCN(c2ccccn2)CC1. The van der Waals surface area contributed by atoms with Crippen LogP contribution in [0.5, 0.6) is 5.88 Å². The minimum atomic E-state index is -0.133. The van der Waals surface area contributed by atoms with Crippen LogP contribution in [0.2, 0.25) is 0 Å². The number of rotatable bonds is 4. The van der Waals surface area contributed by atoms with Crippen LogP contribution in [-0.2, 0) is 0 Å². The fourth-order valence-corrected chi connectivity index (χ4v) is 2.78. The van der Waals surface area contributed by atoms with E-state index in [1.54, 1.807) is 24.5 Å². The van der Waals surface area contributed by atoms with E-state index in [9.17, 15) is 4.79 Å². The van der Waals surface area contributed by atoms with Crippen LogP contribution in [0.3, 0.4) is 0 Å². The molecule has 2 aromatic rings. The van der Waals surface area contributed by atoms with Crippen molar-refractivity contribution in [2.75, 3.05) is 25.1 Å². The van der Waals surface area contributed by atoms with E-state index in [4.69, 9.17) is 4.74 Å². The molecule has 3 heterocycles. The van der Waals surface area contributed by atoms with Crippen molar-refractivity contribution < 1.29 is 9.53 Å². The van der Waals surface area contributed by atoms with Gasteiger partial charge in [-0.15, -0.1) is 0 Å². The summed E-state index contributed by atoms with van der Waals surface area (Å²) in [5, 5.41) is 3.08. The molecule has 1 N–H and O–H groups in total. The maximum atomic E-state index is 12.4. The monoisotopic (exact) mass is 312 g/mol. The topological polar surface area (TPSA) is 67.3 Å². The van der Waals surface area contributed by atoms with Gasteiger partial charge >= 0.3 is 0 Å². The van der Waals surface area contributed by atoms with Gasteiger partial charge in [0.15, 0.2) is 0 Å². The van der Waals surface area contributed by atoms with Crippen molar-refractivity contribution >= 4 is 11.7 Å². The van der Waals surface area contributed by atoms with Crippen molar-refractivity contribution in [3.8, 4) is 5.88 Å². The summed E-state index contributed by atoms with van der Waals surface area (Å²) in [5.41, 5.74) is 0.474. The Bertz CT molecular complexity index is 655. The van der Waals surface area contributed by atoms with Gasteiger partial charge in [0, 0.05) is 31.5 Å². The first-order chi connectivity index (χ1) is 11.3. The molecule has 0 bridgehead atoms. The molecule has 3 rings (SSSR count). The molecule has 120 valence electrons. The number of hydrogen-bond donors (Lipinski definition) is 1. The minimum absolute atomic E-state index is 0.133. The number of aromatic nitrogens is 2. The molecule has 6 nitrogen and oxygen atoms in total. The highest BCUT2D eigenvalue weighted by molar-refractivity contribution is 5.96. The van der Waals surface area contributed by atoms with Gasteiger partial charge in [0.2, 0.25) is 5.88 Å². The van der Waals surface area contributed by atoms with Gasteiger partial charge in [-0.25, -0.2) is 9.97 Å². The molecular weight excluding hydrogens is 292 g/mol. The largest absolute Gasteiger partial charge is 0.480 e. The number of carbonyl (C=O) groups excluding carboxylic acids is 1. The van der Waals surface area contributed by atoms with Crippen molar-refractivity contribution in [2.45, 2.75) is 18.9 Å². The van der Waals surface area contributed by atoms with Gasteiger partial charge in [-0.05, 0) is 37.1 Å². The Morgan fingerprint density at radius 1 is 1.17 bits per heavy atom. The third kappa shape index (κ3) is 3.59. The molecule has 1 fully saturated rings. The van der Waals surface area contributed by atoms with Crippen LogP contribution in [0.15, 0.2) is 42.7 Å². The average Bonchev–Trinajstić information content (AvgIpc) is 2.63. The minimum Gasteiger partial charge on any atom is -0.480 e. The highest BCUT2D eigenvalue weighted by Gasteiger charge is 2.23. The molecule has 0 spiro atoms. The highest BCUT2D eigenvalue weighted by Crippen LogP contribution is 2.19. The van der Waals surface area contributed by atoms with E-state index >= 15 is 0 Å². The van der Waals surface area contributed by atoms with Crippen LogP contribution in [0.25, 0.3) is 0 Å². The first kappa shape index (κ1) is 15.3. The summed E-state index contributed by atoms with van der Waals surface area (Å²) >= 11 is 0. The number of carbonyl (C=O) groups is 1. The molecule has 0 atom stereocenters. The predicted octanol–water partition coefficient (Wildman–Crippen LogP) is 1.88. The Kier molecular flexibility index (Phi) is 4.71. The number of methoxy groups -OCH3 is 1. The number of nitrogens with zero attached hydrogens (tertiary/aromatic N) is 3. The lowest BCUT2D eigenvalue weighted by molar-refractivity contribution is 0.0927. The average molecular weight is 312 g/mol. The van der Waals surface area contributed by atoms with Crippen molar-refractivity contribution in [3.63, 3.8) is 0 Å². The molecule has 0 radical (unpaired) electrons. The van der Waals surface area contributed by atoms with Crippen LogP contribution in [0.4, 0.5) is 5.82 Å². The molecule has 1 amide bonds. The van der Waals surface area contributed by atoms with Crippen LogP contribution in [-0.4, -0.2) is 42.1 Å². The third-order valence-corrected chi connectivity index (χ3v) is 4.01. The molecule has 6 heteroatoms. The van der Waals surface area contributed by atoms with E-state index in [2.05, 4.69) is 20.2 Å². The van der Waals surface area contributed by atoms with E-state index in [1.165, 1.54) is 7.11 Å². The first-order valence-corrected chi connectivity index (χ1v) is 7.74. The van der Waals surface area contributed by atoms with E-state index in [1.807, 2.05) is 18.2 Å². The number of amides is 1. The Morgan fingerprint density at radius 2 is 1.96 bits per heavy atom. The number of anilines is 1. The number of hydrogen-bond acceptors (Lipinski definition) is 5. The van der Waals surface area contributed by atoms with E-state index < -0.39 is 0 Å². The Hall–Kier alpha value is -2.63. The smallest absolute Gasteiger partial charge is 0.256 e. The fraction of sp³-hybridized carbons (Fsp3) is 0.353.